The molecule has 2 fully saturated rings. The third-order valence-corrected chi connectivity index (χ3v) is 4.63. The molecule has 2 aliphatic rings. The van der Waals surface area contributed by atoms with Crippen molar-refractivity contribution in [1.29, 1.82) is 5.26 Å². The van der Waals surface area contributed by atoms with E-state index in [1.165, 1.54) is 6.20 Å². The van der Waals surface area contributed by atoms with Crippen molar-refractivity contribution in [3.8, 4) is 6.07 Å². The SMILES string of the molecule is N#Cc1ccnnc1N1CCC(n2cc(N3CCCC3=O)cn2)C1. The van der Waals surface area contributed by atoms with Crippen LogP contribution in [0.15, 0.2) is 24.7 Å². The van der Waals surface area contributed by atoms with Gasteiger partial charge in [0.1, 0.15) is 6.07 Å². The standard InChI is InChI=1S/C16H17N7O/c17-8-12-3-5-18-20-16(12)21-7-4-13(10-21)23-11-14(9-19-23)22-6-1-2-15(22)24/h3,5,9,11,13H,1-2,4,6-7,10H2. The Balaban J connectivity index is 1.50. The normalized spacial score (nSPS) is 20.6. The fourth-order valence-corrected chi connectivity index (χ4v) is 3.38. The van der Waals surface area contributed by atoms with Crippen molar-refractivity contribution in [3.05, 3.63) is 30.2 Å². The lowest BCUT2D eigenvalue weighted by atomic mass is 10.3. The second-order valence-corrected chi connectivity index (χ2v) is 6.10. The molecule has 122 valence electrons. The zero-order valence-electron chi connectivity index (χ0n) is 13.2. The Bertz CT molecular complexity index is 809. The Morgan fingerprint density at radius 1 is 1.33 bits per heavy atom. The average Bonchev–Trinajstić information content (AvgIpc) is 3.34. The molecule has 0 aliphatic carbocycles. The van der Waals surface area contributed by atoms with E-state index in [0.717, 1.165) is 38.2 Å². The zero-order valence-corrected chi connectivity index (χ0v) is 13.2. The van der Waals surface area contributed by atoms with Crippen molar-refractivity contribution < 1.29 is 4.79 Å². The van der Waals surface area contributed by atoms with E-state index < -0.39 is 0 Å². The first kappa shape index (κ1) is 14.6. The fraction of sp³-hybridized carbons (Fsp3) is 0.438. The van der Waals surface area contributed by atoms with Crippen LogP contribution in [0, 0.1) is 11.3 Å². The molecule has 0 bridgehead atoms. The molecule has 1 atom stereocenters. The van der Waals surface area contributed by atoms with Gasteiger partial charge in [-0.3, -0.25) is 9.48 Å². The average molecular weight is 323 g/mol. The second-order valence-electron chi connectivity index (χ2n) is 6.10. The molecule has 2 aliphatic heterocycles. The van der Waals surface area contributed by atoms with Gasteiger partial charge in [-0.05, 0) is 18.9 Å². The number of amides is 1. The van der Waals surface area contributed by atoms with Crippen molar-refractivity contribution >= 4 is 17.4 Å². The number of carbonyl (C=O) groups excluding carboxylic acids is 1. The molecular weight excluding hydrogens is 306 g/mol. The summed E-state index contributed by atoms with van der Waals surface area (Å²) in [6.07, 6.45) is 7.67. The molecule has 2 aromatic heterocycles. The number of carbonyl (C=O) groups is 1. The van der Waals surface area contributed by atoms with E-state index >= 15 is 0 Å². The van der Waals surface area contributed by atoms with Gasteiger partial charge in [0.25, 0.3) is 0 Å². The topological polar surface area (TPSA) is 90.9 Å². The molecular formula is C16H17N7O. The molecule has 0 radical (unpaired) electrons. The molecule has 0 aromatic carbocycles. The lowest BCUT2D eigenvalue weighted by Gasteiger charge is -2.17. The number of aromatic nitrogens is 4. The lowest BCUT2D eigenvalue weighted by molar-refractivity contribution is -0.117. The van der Waals surface area contributed by atoms with Crippen molar-refractivity contribution in [3.63, 3.8) is 0 Å². The number of hydrogen-bond acceptors (Lipinski definition) is 6. The van der Waals surface area contributed by atoms with Crippen LogP contribution in [0.1, 0.15) is 30.9 Å². The monoisotopic (exact) mass is 323 g/mol. The zero-order chi connectivity index (χ0) is 16.5. The van der Waals surface area contributed by atoms with Gasteiger partial charge < -0.3 is 9.80 Å². The fourth-order valence-electron chi connectivity index (χ4n) is 3.38. The van der Waals surface area contributed by atoms with Gasteiger partial charge in [-0.15, -0.1) is 5.10 Å². The number of nitrogens with zero attached hydrogens (tertiary/aromatic N) is 7. The van der Waals surface area contributed by atoms with Crippen molar-refractivity contribution in [2.75, 3.05) is 29.4 Å². The quantitative estimate of drug-likeness (QED) is 0.841. The molecule has 4 rings (SSSR count). The minimum absolute atomic E-state index is 0.167. The Kier molecular flexibility index (Phi) is 3.61. The third kappa shape index (κ3) is 2.48. The van der Waals surface area contributed by atoms with Gasteiger partial charge in [-0.25, -0.2) is 0 Å². The van der Waals surface area contributed by atoms with E-state index in [4.69, 9.17) is 0 Å². The molecule has 8 nitrogen and oxygen atoms in total. The predicted molar refractivity (Wildman–Crippen MR) is 86.4 cm³/mol. The summed E-state index contributed by atoms with van der Waals surface area (Å²) in [6.45, 7) is 2.30. The highest BCUT2D eigenvalue weighted by atomic mass is 16.2. The summed E-state index contributed by atoms with van der Waals surface area (Å²) in [5.41, 5.74) is 1.41. The first-order chi connectivity index (χ1) is 11.8. The van der Waals surface area contributed by atoms with Crippen LogP contribution >= 0.6 is 0 Å². The van der Waals surface area contributed by atoms with Gasteiger partial charge in [0, 0.05) is 32.3 Å². The maximum Gasteiger partial charge on any atom is 0.227 e. The summed E-state index contributed by atoms with van der Waals surface area (Å²) in [5, 5.41) is 21.7. The van der Waals surface area contributed by atoms with Crippen molar-refractivity contribution in [1.82, 2.24) is 20.0 Å². The van der Waals surface area contributed by atoms with Gasteiger partial charge in [0.05, 0.1) is 29.7 Å². The summed E-state index contributed by atoms with van der Waals surface area (Å²) in [7, 11) is 0. The maximum atomic E-state index is 11.8. The largest absolute Gasteiger partial charge is 0.352 e. The van der Waals surface area contributed by atoms with Crippen LogP contribution in [0.2, 0.25) is 0 Å². The highest BCUT2D eigenvalue weighted by molar-refractivity contribution is 5.95. The van der Waals surface area contributed by atoms with E-state index in [1.807, 2.05) is 10.9 Å². The molecule has 2 aromatic rings. The number of anilines is 2. The molecule has 0 N–H and O–H groups in total. The molecule has 24 heavy (non-hydrogen) atoms. The van der Waals surface area contributed by atoms with Gasteiger partial charge in [-0.2, -0.15) is 15.5 Å². The smallest absolute Gasteiger partial charge is 0.227 e. The summed E-state index contributed by atoms with van der Waals surface area (Å²) in [4.78, 5) is 15.7. The van der Waals surface area contributed by atoms with Gasteiger partial charge in [0.2, 0.25) is 5.91 Å². The number of rotatable bonds is 3. The Labute approximate surface area is 139 Å². The minimum atomic E-state index is 0.167. The summed E-state index contributed by atoms with van der Waals surface area (Å²) in [5.74, 6) is 0.797. The van der Waals surface area contributed by atoms with Gasteiger partial charge >= 0.3 is 0 Å². The van der Waals surface area contributed by atoms with E-state index in [1.54, 1.807) is 17.2 Å². The first-order valence-corrected chi connectivity index (χ1v) is 8.07. The van der Waals surface area contributed by atoms with Gasteiger partial charge in [0.15, 0.2) is 5.82 Å². The molecule has 1 unspecified atom stereocenters. The van der Waals surface area contributed by atoms with Crippen LogP contribution in [0.4, 0.5) is 11.5 Å². The van der Waals surface area contributed by atoms with E-state index in [-0.39, 0.29) is 11.9 Å². The number of nitriles is 1. The second kappa shape index (κ2) is 5.92. The van der Waals surface area contributed by atoms with Crippen molar-refractivity contribution in [2.24, 2.45) is 0 Å². The Hall–Kier alpha value is -2.95. The minimum Gasteiger partial charge on any atom is -0.352 e. The number of hydrogen-bond donors (Lipinski definition) is 0. The summed E-state index contributed by atoms with van der Waals surface area (Å²) in [6, 6.07) is 4.04. The Morgan fingerprint density at radius 3 is 3.04 bits per heavy atom. The Morgan fingerprint density at radius 2 is 2.25 bits per heavy atom. The maximum absolute atomic E-state index is 11.8. The van der Waals surface area contributed by atoms with E-state index in [2.05, 4.69) is 26.3 Å². The first-order valence-electron chi connectivity index (χ1n) is 8.07. The van der Waals surface area contributed by atoms with Crippen LogP contribution in [0.3, 0.4) is 0 Å². The lowest BCUT2D eigenvalue weighted by Crippen LogP contribution is -2.24. The molecule has 8 heteroatoms. The highest BCUT2D eigenvalue weighted by Gasteiger charge is 2.29. The van der Waals surface area contributed by atoms with Crippen LogP contribution in [0.25, 0.3) is 0 Å². The van der Waals surface area contributed by atoms with E-state index in [9.17, 15) is 10.1 Å². The molecule has 0 spiro atoms. The van der Waals surface area contributed by atoms with E-state index in [0.29, 0.717) is 17.8 Å². The van der Waals surface area contributed by atoms with Crippen LogP contribution < -0.4 is 9.80 Å². The van der Waals surface area contributed by atoms with Crippen molar-refractivity contribution in [2.45, 2.75) is 25.3 Å². The highest BCUT2D eigenvalue weighted by Crippen LogP contribution is 2.29. The third-order valence-electron chi connectivity index (χ3n) is 4.63. The van der Waals surface area contributed by atoms with Crippen LogP contribution in [-0.4, -0.2) is 45.5 Å². The summed E-state index contributed by atoms with van der Waals surface area (Å²) < 4.78 is 1.92. The summed E-state index contributed by atoms with van der Waals surface area (Å²) >= 11 is 0. The van der Waals surface area contributed by atoms with Crippen LogP contribution in [0.5, 0.6) is 0 Å². The molecule has 2 saturated heterocycles. The van der Waals surface area contributed by atoms with Gasteiger partial charge in [-0.1, -0.05) is 0 Å². The van der Waals surface area contributed by atoms with Crippen LogP contribution in [-0.2, 0) is 4.79 Å². The molecule has 4 heterocycles. The molecule has 1 amide bonds. The molecule has 0 saturated carbocycles. The predicted octanol–water partition coefficient (Wildman–Crippen LogP) is 1.12.